The van der Waals surface area contributed by atoms with Gasteiger partial charge < -0.3 is 20.1 Å². The first-order chi connectivity index (χ1) is 11.6. The number of nitrogens with two attached hydrogens (primary N) is 1. The summed E-state index contributed by atoms with van der Waals surface area (Å²) in [7, 11) is -0.853. The lowest BCUT2D eigenvalue weighted by Crippen LogP contribution is -2.48. The van der Waals surface area contributed by atoms with E-state index < -0.39 is 35.6 Å². The van der Waals surface area contributed by atoms with Crippen LogP contribution in [0.25, 0.3) is 0 Å². The van der Waals surface area contributed by atoms with Gasteiger partial charge >= 0.3 is 13.1 Å². The Morgan fingerprint density at radius 1 is 1.19 bits per heavy atom. The lowest BCUT2D eigenvalue weighted by molar-refractivity contribution is -0.145. The molecule has 0 bridgehead atoms. The van der Waals surface area contributed by atoms with Crippen LogP contribution in [0.2, 0.25) is 0 Å². The van der Waals surface area contributed by atoms with E-state index in [0.29, 0.717) is 0 Å². The summed E-state index contributed by atoms with van der Waals surface area (Å²) >= 11 is 0. The first-order valence-corrected chi connectivity index (χ1v) is 8.77. The molecule has 0 aromatic heterocycles. The summed E-state index contributed by atoms with van der Waals surface area (Å²) in [5, 5.41) is 9.66. The number of aliphatic carboxylic acids is 1. The number of carboxylic acids is 1. The summed E-state index contributed by atoms with van der Waals surface area (Å²) in [6.07, 6.45) is 0.171. The second-order valence-electron chi connectivity index (χ2n) is 9.34. The highest BCUT2D eigenvalue weighted by Gasteiger charge is 2.52. The van der Waals surface area contributed by atoms with Gasteiger partial charge in [0.25, 0.3) is 0 Å². The maximum Gasteiger partial charge on any atom is 0.497 e. The number of halogens is 1. The molecule has 1 unspecified atom stereocenters. The molecule has 1 aliphatic heterocycles. The maximum absolute atomic E-state index is 14.8. The molecule has 1 saturated heterocycles. The molecule has 0 saturated carbocycles. The SMILES string of the molecule is CC(C)(C)CC(N)(C(=O)O)c1ccc(B2OC(C)(C)C(C)(C)O2)c(F)c1. The molecule has 0 spiro atoms. The van der Waals surface area contributed by atoms with Crippen molar-refractivity contribution >= 4 is 18.6 Å². The fourth-order valence-electron chi connectivity index (χ4n) is 3.10. The fraction of sp³-hybridized carbons (Fsp3) is 0.632. The third kappa shape index (κ3) is 3.80. The van der Waals surface area contributed by atoms with Crippen molar-refractivity contribution in [1.29, 1.82) is 0 Å². The van der Waals surface area contributed by atoms with E-state index in [9.17, 15) is 14.3 Å². The molecule has 1 heterocycles. The molecule has 0 radical (unpaired) electrons. The van der Waals surface area contributed by atoms with Gasteiger partial charge in [0.15, 0.2) is 0 Å². The summed E-state index contributed by atoms with van der Waals surface area (Å²) < 4.78 is 26.6. The zero-order valence-electron chi connectivity index (χ0n) is 16.6. The molecular weight excluding hydrogens is 336 g/mol. The molecule has 1 aromatic carbocycles. The molecule has 1 aromatic rings. The van der Waals surface area contributed by atoms with Crippen molar-refractivity contribution < 1.29 is 23.6 Å². The third-order valence-electron chi connectivity index (χ3n) is 5.21. The Kier molecular flexibility index (Phi) is 5.08. The van der Waals surface area contributed by atoms with E-state index in [0.717, 1.165) is 0 Å². The van der Waals surface area contributed by atoms with Crippen LogP contribution in [0, 0.1) is 11.2 Å². The number of rotatable bonds is 4. The average Bonchev–Trinajstić information content (AvgIpc) is 2.64. The summed E-state index contributed by atoms with van der Waals surface area (Å²) in [5.74, 6) is -1.78. The van der Waals surface area contributed by atoms with Gasteiger partial charge in [-0.15, -0.1) is 0 Å². The van der Waals surface area contributed by atoms with Gasteiger partial charge in [-0.2, -0.15) is 0 Å². The van der Waals surface area contributed by atoms with E-state index in [2.05, 4.69) is 0 Å². The molecule has 1 fully saturated rings. The van der Waals surface area contributed by atoms with Gasteiger partial charge in [-0.05, 0) is 51.2 Å². The number of benzene rings is 1. The van der Waals surface area contributed by atoms with Gasteiger partial charge in [-0.25, -0.2) is 9.18 Å². The van der Waals surface area contributed by atoms with Crippen LogP contribution in [0.3, 0.4) is 0 Å². The summed E-state index contributed by atoms with van der Waals surface area (Å²) in [6, 6.07) is 4.23. The number of hydrogen-bond acceptors (Lipinski definition) is 4. The molecule has 144 valence electrons. The Morgan fingerprint density at radius 2 is 1.69 bits per heavy atom. The van der Waals surface area contributed by atoms with E-state index in [1.807, 2.05) is 48.5 Å². The van der Waals surface area contributed by atoms with Crippen molar-refractivity contribution in [2.24, 2.45) is 11.1 Å². The molecule has 3 N–H and O–H groups in total. The fourth-order valence-corrected chi connectivity index (χ4v) is 3.10. The quantitative estimate of drug-likeness (QED) is 0.802. The Bertz CT molecular complexity index is 698. The van der Waals surface area contributed by atoms with Crippen LogP contribution in [0.1, 0.15) is 60.5 Å². The summed E-state index contributed by atoms with van der Waals surface area (Å²) in [4.78, 5) is 11.8. The summed E-state index contributed by atoms with van der Waals surface area (Å²) in [6.45, 7) is 13.2. The van der Waals surface area contributed by atoms with Gasteiger partial charge in [0.1, 0.15) is 11.4 Å². The van der Waals surface area contributed by atoms with Crippen molar-refractivity contribution in [3.63, 3.8) is 0 Å². The topological polar surface area (TPSA) is 81.8 Å². The minimum Gasteiger partial charge on any atom is -0.480 e. The first-order valence-electron chi connectivity index (χ1n) is 8.77. The summed E-state index contributed by atoms with van der Waals surface area (Å²) in [5.41, 5.74) is 3.44. The van der Waals surface area contributed by atoms with Crippen LogP contribution in [-0.4, -0.2) is 29.4 Å². The highest BCUT2D eigenvalue weighted by molar-refractivity contribution is 6.62. The Morgan fingerprint density at radius 3 is 2.08 bits per heavy atom. The molecule has 1 aliphatic rings. The normalized spacial score (nSPS) is 21.5. The smallest absolute Gasteiger partial charge is 0.480 e. The van der Waals surface area contributed by atoms with E-state index in [1.165, 1.54) is 12.1 Å². The van der Waals surface area contributed by atoms with Crippen LogP contribution in [-0.2, 0) is 19.6 Å². The second-order valence-corrected chi connectivity index (χ2v) is 9.34. The molecule has 5 nitrogen and oxygen atoms in total. The Hall–Kier alpha value is -1.44. The van der Waals surface area contributed by atoms with Gasteiger partial charge in [0, 0.05) is 5.46 Å². The van der Waals surface area contributed by atoms with Crippen molar-refractivity contribution in [2.45, 2.75) is 71.6 Å². The number of hydrogen-bond donors (Lipinski definition) is 2. The Labute approximate surface area is 155 Å². The minimum absolute atomic E-state index is 0.171. The van der Waals surface area contributed by atoms with Crippen LogP contribution in [0.15, 0.2) is 18.2 Å². The zero-order valence-corrected chi connectivity index (χ0v) is 16.6. The monoisotopic (exact) mass is 365 g/mol. The van der Waals surface area contributed by atoms with Crippen LogP contribution in [0.4, 0.5) is 4.39 Å². The van der Waals surface area contributed by atoms with Crippen molar-refractivity contribution in [1.82, 2.24) is 0 Å². The molecule has 2 rings (SSSR count). The third-order valence-corrected chi connectivity index (χ3v) is 5.21. The van der Waals surface area contributed by atoms with E-state index in [4.69, 9.17) is 15.0 Å². The molecule has 26 heavy (non-hydrogen) atoms. The van der Waals surface area contributed by atoms with E-state index >= 15 is 0 Å². The average molecular weight is 365 g/mol. The first kappa shape index (κ1) is 20.9. The predicted octanol–water partition coefficient (Wildman–Crippen LogP) is 2.80. The van der Waals surface area contributed by atoms with Gasteiger partial charge in [-0.3, -0.25) is 0 Å². The van der Waals surface area contributed by atoms with Gasteiger partial charge in [-0.1, -0.05) is 32.9 Å². The largest absolute Gasteiger partial charge is 0.497 e. The van der Waals surface area contributed by atoms with Crippen LogP contribution < -0.4 is 11.2 Å². The Balaban J connectivity index is 2.39. The van der Waals surface area contributed by atoms with E-state index in [1.54, 1.807) is 6.07 Å². The highest BCUT2D eigenvalue weighted by Crippen LogP contribution is 2.37. The highest BCUT2D eigenvalue weighted by atomic mass is 19.1. The minimum atomic E-state index is -1.67. The van der Waals surface area contributed by atoms with Crippen molar-refractivity contribution in [3.8, 4) is 0 Å². The van der Waals surface area contributed by atoms with Gasteiger partial charge in [0.2, 0.25) is 0 Å². The van der Waals surface area contributed by atoms with Crippen LogP contribution >= 0.6 is 0 Å². The molecule has 1 atom stereocenters. The molecule has 0 aliphatic carbocycles. The van der Waals surface area contributed by atoms with E-state index in [-0.39, 0.29) is 22.9 Å². The van der Waals surface area contributed by atoms with Crippen LogP contribution in [0.5, 0.6) is 0 Å². The second kappa shape index (κ2) is 6.32. The molecule has 7 heteroatoms. The van der Waals surface area contributed by atoms with Crippen molar-refractivity contribution in [2.75, 3.05) is 0 Å². The standard InChI is InChI=1S/C19H29BFNO4/c1-16(2,3)11-19(22,15(23)24)12-8-9-13(14(21)10-12)20-25-17(4,5)18(6,7)26-20/h8-10H,11,22H2,1-7H3,(H,23,24). The van der Waals surface area contributed by atoms with Gasteiger partial charge in [0.05, 0.1) is 11.2 Å². The lowest BCUT2D eigenvalue weighted by Gasteiger charge is -2.32. The lowest BCUT2D eigenvalue weighted by atomic mass is 9.73. The number of carboxylic acid groups (broad SMARTS) is 1. The maximum atomic E-state index is 14.8. The molecule has 0 amide bonds. The number of carbonyl (C=O) groups is 1. The van der Waals surface area contributed by atoms with Crippen molar-refractivity contribution in [3.05, 3.63) is 29.6 Å². The zero-order chi connectivity index (χ0) is 20.1. The predicted molar refractivity (Wildman–Crippen MR) is 99.7 cm³/mol. The molecular formula is C19H29BFNO4.